The van der Waals surface area contributed by atoms with Gasteiger partial charge in [0.05, 0.1) is 0 Å². The minimum absolute atomic E-state index is 0.0983. The van der Waals surface area contributed by atoms with Crippen molar-refractivity contribution in [2.75, 3.05) is 0 Å². The molecule has 3 rings (SSSR count). The Bertz CT molecular complexity index is 1080. The van der Waals surface area contributed by atoms with Gasteiger partial charge in [-0.25, -0.2) is 0 Å². The van der Waals surface area contributed by atoms with Gasteiger partial charge in [-0.3, -0.25) is 0 Å². The largest absolute Gasteiger partial charge is 0.120 e. The number of aryl methyl sites for hydroxylation is 2. The standard InChI is InChI=1S/C32H38/c1-8-9-15-27-22-30(17-16-25(27)3)32(7,23-26-13-11-10-12-14-26)29-19-18-28(31(4,5)6)20-24(2)21-29/h1,10-14,16-18,20-22H,9,15,19,23H2,2-7H3/t32-/m1/s1. The van der Waals surface area contributed by atoms with Gasteiger partial charge in [0.1, 0.15) is 0 Å². The molecule has 2 aromatic rings. The fourth-order valence-electron chi connectivity index (χ4n) is 4.70. The molecule has 0 bridgehead atoms. The van der Waals surface area contributed by atoms with Gasteiger partial charge in [-0.1, -0.05) is 106 Å². The summed E-state index contributed by atoms with van der Waals surface area (Å²) in [6, 6.07) is 17.9. The van der Waals surface area contributed by atoms with Crippen LogP contribution >= 0.6 is 0 Å². The summed E-state index contributed by atoms with van der Waals surface area (Å²) in [5, 5.41) is 0. The molecule has 0 saturated heterocycles. The smallest absolute Gasteiger partial charge is 0.0180 e. The average molecular weight is 423 g/mol. The zero-order chi connectivity index (χ0) is 23.4. The molecule has 0 radical (unpaired) electrons. The predicted octanol–water partition coefficient (Wildman–Crippen LogP) is 8.31. The van der Waals surface area contributed by atoms with Crippen LogP contribution in [0.1, 0.15) is 69.7 Å². The Balaban J connectivity index is 2.12. The number of terminal acetylenes is 1. The zero-order valence-corrected chi connectivity index (χ0v) is 20.8. The van der Waals surface area contributed by atoms with Crippen LogP contribution in [0.2, 0.25) is 0 Å². The Kier molecular flexibility index (Phi) is 7.30. The van der Waals surface area contributed by atoms with Crippen molar-refractivity contribution in [3.8, 4) is 12.3 Å². The van der Waals surface area contributed by atoms with E-state index in [-0.39, 0.29) is 10.8 Å². The van der Waals surface area contributed by atoms with Gasteiger partial charge in [0.2, 0.25) is 0 Å². The van der Waals surface area contributed by atoms with E-state index in [1.165, 1.54) is 39.0 Å². The van der Waals surface area contributed by atoms with E-state index < -0.39 is 0 Å². The van der Waals surface area contributed by atoms with Crippen LogP contribution in [0.3, 0.4) is 0 Å². The van der Waals surface area contributed by atoms with Gasteiger partial charge < -0.3 is 0 Å². The second-order valence-electron chi connectivity index (χ2n) is 10.5. The normalized spacial score (nSPS) is 16.2. The highest BCUT2D eigenvalue weighted by Crippen LogP contribution is 2.41. The molecule has 0 aromatic heterocycles. The van der Waals surface area contributed by atoms with E-state index in [0.29, 0.717) is 0 Å². The topological polar surface area (TPSA) is 0 Å². The van der Waals surface area contributed by atoms with Gasteiger partial charge in [0.15, 0.2) is 0 Å². The van der Waals surface area contributed by atoms with Crippen LogP contribution in [0.25, 0.3) is 0 Å². The summed E-state index contributed by atoms with van der Waals surface area (Å²) < 4.78 is 0. The molecule has 1 aliphatic carbocycles. The highest BCUT2D eigenvalue weighted by molar-refractivity contribution is 5.48. The summed E-state index contributed by atoms with van der Waals surface area (Å²) in [6.07, 6.45) is 16.5. The first kappa shape index (κ1) is 23.9. The molecular weight excluding hydrogens is 384 g/mol. The molecule has 0 N–H and O–H groups in total. The van der Waals surface area contributed by atoms with Gasteiger partial charge in [-0.05, 0) is 66.4 Å². The van der Waals surface area contributed by atoms with E-state index in [4.69, 9.17) is 6.42 Å². The first-order valence-electron chi connectivity index (χ1n) is 11.8. The monoisotopic (exact) mass is 422 g/mol. The summed E-state index contributed by atoms with van der Waals surface area (Å²) in [4.78, 5) is 0. The molecule has 0 fully saturated rings. The molecule has 0 nitrogen and oxygen atoms in total. The average Bonchev–Trinajstić information content (AvgIpc) is 2.96. The Labute approximate surface area is 196 Å². The highest BCUT2D eigenvalue weighted by Gasteiger charge is 2.32. The van der Waals surface area contributed by atoms with Crippen molar-refractivity contribution in [2.24, 2.45) is 5.41 Å². The Hall–Kier alpha value is -2.78. The lowest BCUT2D eigenvalue weighted by Gasteiger charge is -2.34. The van der Waals surface area contributed by atoms with E-state index in [0.717, 1.165) is 25.7 Å². The van der Waals surface area contributed by atoms with Crippen LogP contribution in [0, 0.1) is 24.7 Å². The summed E-state index contributed by atoms with van der Waals surface area (Å²) in [5.41, 5.74) is 9.71. The Morgan fingerprint density at radius 1 is 0.938 bits per heavy atom. The maximum atomic E-state index is 5.58. The highest BCUT2D eigenvalue weighted by atomic mass is 14.4. The molecule has 0 spiro atoms. The van der Waals surface area contributed by atoms with Crippen molar-refractivity contribution in [3.05, 3.63) is 106 Å². The lowest BCUT2D eigenvalue weighted by Crippen LogP contribution is -2.28. The van der Waals surface area contributed by atoms with Gasteiger partial charge in [-0.2, -0.15) is 0 Å². The fourth-order valence-corrected chi connectivity index (χ4v) is 4.70. The molecule has 0 aliphatic heterocycles. The van der Waals surface area contributed by atoms with Gasteiger partial charge >= 0.3 is 0 Å². The van der Waals surface area contributed by atoms with Crippen molar-refractivity contribution in [2.45, 2.75) is 72.6 Å². The SMILES string of the molecule is C#CCCc1cc([C@](C)(Cc2ccccc2)C2=CC(C)=CC(C(C)(C)C)=CC2)ccc1C. The molecule has 32 heavy (non-hydrogen) atoms. The minimum Gasteiger partial charge on any atom is -0.120 e. The number of hydrogen-bond donors (Lipinski definition) is 0. The van der Waals surface area contributed by atoms with E-state index in [1.54, 1.807) is 0 Å². The Morgan fingerprint density at radius 2 is 1.66 bits per heavy atom. The van der Waals surface area contributed by atoms with Crippen molar-refractivity contribution in [1.29, 1.82) is 0 Å². The van der Waals surface area contributed by atoms with E-state index in [9.17, 15) is 0 Å². The second-order valence-corrected chi connectivity index (χ2v) is 10.5. The molecule has 1 atom stereocenters. The molecule has 2 aromatic carbocycles. The third kappa shape index (κ3) is 5.52. The van der Waals surface area contributed by atoms with Gasteiger partial charge in [0.25, 0.3) is 0 Å². The molecule has 0 heteroatoms. The number of rotatable bonds is 6. The molecule has 0 unspecified atom stereocenters. The van der Waals surface area contributed by atoms with E-state index >= 15 is 0 Å². The fraction of sp³-hybridized carbons (Fsp3) is 0.375. The summed E-state index contributed by atoms with van der Waals surface area (Å²) in [7, 11) is 0. The van der Waals surface area contributed by atoms with Crippen LogP contribution in [0.4, 0.5) is 0 Å². The third-order valence-electron chi connectivity index (χ3n) is 6.83. The third-order valence-corrected chi connectivity index (χ3v) is 6.83. The maximum absolute atomic E-state index is 5.58. The van der Waals surface area contributed by atoms with Crippen LogP contribution in [-0.2, 0) is 18.3 Å². The second kappa shape index (κ2) is 9.79. The summed E-state index contributed by atoms with van der Waals surface area (Å²) >= 11 is 0. The first-order valence-corrected chi connectivity index (χ1v) is 11.8. The summed E-state index contributed by atoms with van der Waals surface area (Å²) in [5.74, 6) is 2.81. The van der Waals surface area contributed by atoms with Gasteiger partial charge in [0, 0.05) is 11.8 Å². The minimum atomic E-state index is -0.0983. The van der Waals surface area contributed by atoms with Crippen LogP contribution in [-0.4, -0.2) is 0 Å². The quantitative estimate of drug-likeness (QED) is 0.411. The molecule has 166 valence electrons. The van der Waals surface area contributed by atoms with E-state index in [1.807, 2.05) is 0 Å². The molecule has 1 aliphatic rings. The zero-order valence-electron chi connectivity index (χ0n) is 20.8. The molecule has 0 amide bonds. The maximum Gasteiger partial charge on any atom is 0.0180 e. The number of allylic oxidation sites excluding steroid dienone is 6. The van der Waals surface area contributed by atoms with Crippen LogP contribution < -0.4 is 0 Å². The molecule has 0 heterocycles. The van der Waals surface area contributed by atoms with Crippen molar-refractivity contribution in [1.82, 2.24) is 0 Å². The van der Waals surface area contributed by atoms with Crippen molar-refractivity contribution < 1.29 is 0 Å². The number of hydrogen-bond acceptors (Lipinski definition) is 0. The van der Waals surface area contributed by atoms with Gasteiger partial charge in [-0.15, -0.1) is 12.3 Å². The van der Waals surface area contributed by atoms with Crippen molar-refractivity contribution in [3.63, 3.8) is 0 Å². The van der Waals surface area contributed by atoms with E-state index in [2.05, 4.69) is 114 Å². The molecule has 0 saturated carbocycles. The van der Waals surface area contributed by atoms with Crippen molar-refractivity contribution >= 4 is 0 Å². The van der Waals surface area contributed by atoms with Crippen LogP contribution in [0.5, 0.6) is 0 Å². The first-order chi connectivity index (χ1) is 15.1. The molecular formula is C32H38. The number of benzene rings is 2. The lowest BCUT2D eigenvalue weighted by molar-refractivity contribution is 0.512. The lowest BCUT2D eigenvalue weighted by atomic mass is 9.69. The van der Waals surface area contributed by atoms with Crippen LogP contribution in [0.15, 0.2) is 83.5 Å². The Morgan fingerprint density at radius 3 is 2.31 bits per heavy atom. The summed E-state index contributed by atoms with van der Waals surface area (Å²) in [6.45, 7) is 13.8. The predicted molar refractivity (Wildman–Crippen MR) is 140 cm³/mol.